The molecule has 21 heavy (non-hydrogen) atoms. The lowest BCUT2D eigenvalue weighted by molar-refractivity contribution is 0.480. The highest BCUT2D eigenvalue weighted by atomic mass is 32.2. The van der Waals surface area contributed by atoms with Crippen LogP contribution in [0.2, 0.25) is 0 Å². The highest BCUT2D eigenvalue weighted by Crippen LogP contribution is 2.32. The predicted octanol–water partition coefficient (Wildman–Crippen LogP) is 2.84. The summed E-state index contributed by atoms with van der Waals surface area (Å²) in [4.78, 5) is 1.86. The van der Waals surface area contributed by atoms with Crippen molar-refractivity contribution in [2.24, 2.45) is 5.73 Å². The molecular weight excluding hydrogens is 308 g/mol. The van der Waals surface area contributed by atoms with Gasteiger partial charge in [-0.15, -0.1) is 0 Å². The van der Waals surface area contributed by atoms with Gasteiger partial charge in [0.25, 0.3) is 10.1 Å². The SMILES string of the molecule is C=C(/C=C/N)Sc1ccccc1NCCCCS(=O)(=O)O. The molecule has 1 aromatic rings. The molecule has 0 heterocycles. The zero-order valence-corrected chi connectivity index (χ0v) is 13.3. The van der Waals surface area contributed by atoms with Gasteiger partial charge >= 0.3 is 0 Å². The number of nitrogens with two attached hydrogens (primary N) is 1. The van der Waals surface area contributed by atoms with Crippen LogP contribution in [0.4, 0.5) is 5.69 Å². The molecule has 0 atom stereocenters. The molecule has 0 aliphatic carbocycles. The van der Waals surface area contributed by atoms with Crippen LogP contribution in [0.1, 0.15) is 12.8 Å². The van der Waals surface area contributed by atoms with Crippen molar-refractivity contribution in [3.63, 3.8) is 0 Å². The summed E-state index contributed by atoms with van der Waals surface area (Å²) in [5, 5.41) is 3.25. The third-order valence-electron chi connectivity index (χ3n) is 2.55. The number of unbranched alkanes of at least 4 members (excludes halogenated alkanes) is 1. The van der Waals surface area contributed by atoms with Crippen LogP contribution in [0.15, 0.2) is 52.9 Å². The molecule has 1 rings (SSSR count). The molecule has 7 heteroatoms. The molecule has 0 aromatic heterocycles. The quantitative estimate of drug-likeness (QED) is 0.279. The van der Waals surface area contributed by atoms with E-state index >= 15 is 0 Å². The van der Waals surface area contributed by atoms with E-state index in [2.05, 4.69) is 11.9 Å². The van der Waals surface area contributed by atoms with Gasteiger partial charge in [0, 0.05) is 22.0 Å². The fourth-order valence-electron chi connectivity index (χ4n) is 1.62. The van der Waals surface area contributed by atoms with Gasteiger partial charge in [-0.3, -0.25) is 4.55 Å². The Labute approximate surface area is 130 Å². The lowest BCUT2D eigenvalue weighted by Gasteiger charge is -2.11. The van der Waals surface area contributed by atoms with Crippen LogP contribution >= 0.6 is 11.8 Å². The Kier molecular flexibility index (Phi) is 7.35. The predicted molar refractivity (Wildman–Crippen MR) is 88.9 cm³/mol. The standard InChI is InChI=1S/C14H20N2O3S2/c1-12(8-9-15)20-14-7-3-2-6-13(14)16-10-4-5-11-21(17,18)19/h2-3,6-9,16H,1,4-5,10-11,15H2,(H,17,18,19)/b9-8+. The second kappa shape index (κ2) is 8.76. The van der Waals surface area contributed by atoms with E-state index in [1.807, 2.05) is 24.3 Å². The molecule has 0 aliphatic heterocycles. The molecule has 4 N–H and O–H groups in total. The minimum atomic E-state index is -3.86. The second-order valence-electron chi connectivity index (χ2n) is 4.34. The minimum Gasteiger partial charge on any atom is -0.405 e. The third-order valence-corrected chi connectivity index (χ3v) is 4.33. The summed E-state index contributed by atoms with van der Waals surface area (Å²) >= 11 is 1.50. The molecule has 116 valence electrons. The van der Waals surface area contributed by atoms with Crippen LogP contribution in [0.5, 0.6) is 0 Å². The van der Waals surface area contributed by atoms with Gasteiger partial charge in [0.05, 0.1) is 5.75 Å². The van der Waals surface area contributed by atoms with Gasteiger partial charge in [0.2, 0.25) is 0 Å². The average Bonchev–Trinajstić information content (AvgIpc) is 2.39. The molecule has 0 radical (unpaired) electrons. The van der Waals surface area contributed by atoms with E-state index in [4.69, 9.17) is 10.3 Å². The first-order valence-corrected chi connectivity index (χ1v) is 8.88. The summed E-state index contributed by atoms with van der Waals surface area (Å²) in [7, 11) is -3.86. The number of hydrogen-bond donors (Lipinski definition) is 3. The van der Waals surface area contributed by atoms with Crippen LogP contribution in [-0.4, -0.2) is 25.3 Å². The number of hydrogen-bond acceptors (Lipinski definition) is 5. The van der Waals surface area contributed by atoms with Gasteiger partial charge in [-0.25, -0.2) is 0 Å². The van der Waals surface area contributed by atoms with E-state index in [9.17, 15) is 8.42 Å². The van der Waals surface area contributed by atoms with Crippen molar-refractivity contribution in [2.75, 3.05) is 17.6 Å². The number of rotatable bonds is 9. The summed E-state index contributed by atoms with van der Waals surface area (Å²) in [6, 6.07) is 7.78. The Morgan fingerprint density at radius 2 is 2.10 bits per heavy atom. The fraction of sp³-hybridized carbons (Fsp3) is 0.286. The number of nitrogens with one attached hydrogen (secondary N) is 1. The van der Waals surface area contributed by atoms with Crippen LogP contribution in [0, 0.1) is 0 Å². The Morgan fingerprint density at radius 3 is 2.76 bits per heavy atom. The van der Waals surface area contributed by atoms with Gasteiger partial charge < -0.3 is 11.1 Å². The molecule has 0 aliphatic rings. The number of para-hydroxylation sites is 1. The molecule has 0 saturated carbocycles. The first-order chi connectivity index (χ1) is 9.92. The smallest absolute Gasteiger partial charge is 0.264 e. The third kappa shape index (κ3) is 7.79. The first-order valence-electron chi connectivity index (χ1n) is 6.45. The molecule has 0 unspecified atom stereocenters. The number of anilines is 1. The maximum absolute atomic E-state index is 10.6. The number of thioether (sulfide) groups is 1. The summed E-state index contributed by atoms with van der Waals surface area (Å²) in [6.07, 6.45) is 4.25. The number of allylic oxidation sites excluding steroid dienone is 1. The zero-order valence-electron chi connectivity index (χ0n) is 11.7. The van der Waals surface area contributed by atoms with Crippen LogP contribution < -0.4 is 11.1 Å². The second-order valence-corrected chi connectivity index (χ2v) is 7.08. The van der Waals surface area contributed by atoms with E-state index in [1.165, 1.54) is 18.0 Å². The van der Waals surface area contributed by atoms with Crippen molar-refractivity contribution in [3.05, 3.63) is 48.0 Å². The van der Waals surface area contributed by atoms with Crippen molar-refractivity contribution in [2.45, 2.75) is 17.7 Å². The van der Waals surface area contributed by atoms with Gasteiger partial charge in [0.1, 0.15) is 0 Å². The Morgan fingerprint density at radius 1 is 1.38 bits per heavy atom. The van der Waals surface area contributed by atoms with Crippen molar-refractivity contribution in [3.8, 4) is 0 Å². The van der Waals surface area contributed by atoms with Gasteiger partial charge in [-0.1, -0.05) is 30.5 Å². The molecule has 5 nitrogen and oxygen atoms in total. The molecule has 1 aromatic carbocycles. The van der Waals surface area contributed by atoms with Gasteiger partial charge in [0.15, 0.2) is 0 Å². The van der Waals surface area contributed by atoms with Crippen LogP contribution in [0.25, 0.3) is 0 Å². The maximum Gasteiger partial charge on any atom is 0.264 e. The highest BCUT2D eigenvalue weighted by molar-refractivity contribution is 8.03. The minimum absolute atomic E-state index is 0.205. The largest absolute Gasteiger partial charge is 0.405 e. The van der Waals surface area contributed by atoms with Crippen molar-refractivity contribution in [1.82, 2.24) is 0 Å². The van der Waals surface area contributed by atoms with Crippen LogP contribution in [-0.2, 0) is 10.1 Å². The maximum atomic E-state index is 10.6. The fourth-order valence-corrected chi connectivity index (χ4v) is 3.01. The lowest BCUT2D eigenvalue weighted by atomic mass is 10.3. The summed E-state index contributed by atoms with van der Waals surface area (Å²) in [5.74, 6) is -0.205. The highest BCUT2D eigenvalue weighted by Gasteiger charge is 2.05. The lowest BCUT2D eigenvalue weighted by Crippen LogP contribution is -2.07. The molecule has 0 saturated heterocycles. The van der Waals surface area contributed by atoms with E-state index in [1.54, 1.807) is 6.08 Å². The summed E-state index contributed by atoms with van der Waals surface area (Å²) in [6.45, 7) is 4.52. The van der Waals surface area contributed by atoms with Crippen molar-refractivity contribution >= 4 is 27.6 Å². The number of benzene rings is 1. The van der Waals surface area contributed by atoms with Gasteiger partial charge in [-0.2, -0.15) is 8.42 Å². The van der Waals surface area contributed by atoms with E-state index in [0.29, 0.717) is 19.4 Å². The Bertz CT molecular complexity index is 598. The van der Waals surface area contributed by atoms with Crippen molar-refractivity contribution < 1.29 is 13.0 Å². The zero-order chi connectivity index (χ0) is 15.7. The summed E-state index contributed by atoms with van der Waals surface area (Å²) in [5.41, 5.74) is 6.29. The molecule has 0 fully saturated rings. The van der Waals surface area contributed by atoms with E-state index in [-0.39, 0.29) is 5.75 Å². The first kappa shape index (κ1) is 17.6. The average molecular weight is 328 g/mol. The normalized spacial score (nSPS) is 11.7. The van der Waals surface area contributed by atoms with Gasteiger partial charge in [-0.05, 0) is 37.3 Å². The topological polar surface area (TPSA) is 92.4 Å². The summed E-state index contributed by atoms with van der Waals surface area (Å²) < 4.78 is 29.9. The van der Waals surface area contributed by atoms with E-state index < -0.39 is 10.1 Å². The Hall–Kier alpha value is -1.44. The molecule has 0 amide bonds. The Balaban J connectivity index is 2.49. The molecule has 0 bridgehead atoms. The van der Waals surface area contributed by atoms with Crippen LogP contribution in [0.3, 0.4) is 0 Å². The molecule has 0 spiro atoms. The monoisotopic (exact) mass is 328 g/mol. The van der Waals surface area contributed by atoms with Crippen molar-refractivity contribution in [1.29, 1.82) is 0 Å². The molecular formula is C14H20N2O3S2. The van der Waals surface area contributed by atoms with E-state index in [0.717, 1.165) is 15.5 Å².